The lowest BCUT2D eigenvalue weighted by Crippen LogP contribution is -2.28. The molecule has 0 saturated heterocycles. The number of hydrogen-bond donors (Lipinski definition) is 2. The lowest BCUT2D eigenvalue weighted by Gasteiger charge is -2.09. The van der Waals surface area contributed by atoms with Gasteiger partial charge in [0.05, 0.1) is 11.9 Å². The van der Waals surface area contributed by atoms with Crippen LogP contribution in [-0.2, 0) is 13.0 Å². The van der Waals surface area contributed by atoms with E-state index in [2.05, 4.69) is 10.4 Å². The molecule has 21 heavy (non-hydrogen) atoms. The predicted octanol–water partition coefficient (Wildman–Crippen LogP) is 2.76. The van der Waals surface area contributed by atoms with Crippen LogP contribution in [-0.4, -0.2) is 22.2 Å². The molecule has 1 aromatic heterocycles. The third-order valence-corrected chi connectivity index (χ3v) is 3.66. The molecule has 112 valence electrons. The van der Waals surface area contributed by atoms with Crippen molar-refractivity contribution in [3.63, 3.8) is 0 Å². The Labute approximate surface area is 133 Å². The van der Waals surface area contributed by atoms with Gasteiger partial charge in [-0.2, -0.15) is 5.10 Å². The second-order valence-corrected chi connectivity index (χ2v) is 5.35. The summed E-state index contributed by atoms with van der Waals surface area (Å²) >= 11 is 11.9. The summed E-state index contributed by atoms with van der Waals surface area (Å²) in [6, 6.07) is 5.31. The second kappa shape index (κ2) is 6.83. The molecule has 0 radical (unpaired) electrons. The largest absolute Gasteiger partial charge is 0.396 e. The van der Waals surface area contributed by atoms with E-state index in [1.54, 1.807) is 16.8 Å². The van der Waals surface area contributed by atoms with E-state index in [0.29, 0.717) is 40.9 Å². The number of carbonyl (C=O) groups excluding carboxylic acids is 1. The molecule has 0 aliphatic rings. The van der Waals surface area contributed by atoms with Gasteiger partial charge in [0, 0.05) is 23.1 Å². The molecule has 2 aromatic rings. The van der Waals surface area contributed by atoms with E-state index in [1.807, 2.05) is 13.0 Å². The van der Waals surface area contributed by atoms with Crippen LogP contribution in [0, 0.1) is 0 Å². The molecular formula is C14H16Cl2N4O. The second-order valence-electron chi connectivity index (χ2n) is 4.51. The van der Waals surface area contributed by atoms with Crippen LogP contribution in [0.15, 0.2) is 24.4 Å². The highest BCUT2D eigenvalue weighted by molar-refractivity contribution is 6.35. The fraction of sp³-hybridized carbons (Fsp3) is 0.286. The third-order valence-electron chi connectivity index (χ3n) is 3.08. The molecule has 0 bridgehead atoms. The number of amides is 1. The molecule has 2 rings (SSSR count). The smallest absolute Gasteiger partial charge is 0.271 e. The van der Waals surface area contributed by atoms with E-state index < -0.39 is 0 Å². The first kappa shape index (κ1) is 15.7. The van der Waals surface area contributed by atoms with Gasteiger partial charge in [-0.1, -0.05) is 29.3 Å². The fourth-order valence-electron chi connectivity index (χ4n) is 2.01. The summed E-state index contributed by atoms with van der Waals surface area (Å²) in [6.07, 6.45) is 2.09. The molecule has 0 aliphatic heterocycles. The summed E-state index contributed by atoms with van der Waals surface area (Å²) in [4.78, 5) is 12.1. The van der Waals surface area contributed by atoms with E-state index in [-0.39, 0.29) is 5.91 Å². The number of nitrogens with zero attached hydrogens (tertiary/aromatic N) is 2. The van der Waals surface area contributed by atoms with Gasteiger partial charge < -0.3 is 11.1 Å². The van der Waals surface area contributed by atoms with Crippen molar-refractivity contribution in [2.45, 2.75) is 19.9 Å². The van der Waals surface area contributed by atoms with Crippen LogP contribution in [0.1, 0.15) is 23.0 Å². The van der Waals surface area contributed by atoms with Crippen LogP contribution in [0.25, 0.3) is 0 Å². The topological polar surface area (TPSA) is 72.9 Å². The number of nitrogen functional groups attached to an aromatic ring is 1. The maximum atomic E-state index is 12.1. The lowest BCUT2D eigenvalue weighted by molar-refractivity contribution is 0.0944. The first-order chi connectivity index (χ1) is 10.0. The van der Waals surface area contributed by atoms with Crippen LogP contribution in [0.4, 0.5) is 5.69 Å². The van der Waals surface area contributed by atoms with E-state index >= 15 is 0 Å². The average molecular weight is 327 g/mol. The van der Waals surface area contributed by atoms with Gasteiger partial charge in [0.25, 0.3) is 5.91 Å². The molecular weight excluding hydrogens is 311 g/mol. The third kappa shape index (κ3) is 3.68. The minimum absolute atomic E-state index is 0.239. The standard InChI is InChI=1S/C14H16Cl2N4O/c1-2-20-13(12(17)8-19-20)14(21)18-6-5-9-3-4-10(15)7-11(9)16/h3-4,7-8H,2,5-6,17H2,1H3,(H,18,21). The Morgan fingerprint density at radius 3 is 2.86 bits per heavy atom. The number of halogens is 2. The normalized spacial score (nSPS) is 10.6. The minimum atomic E-state index is -0.239. The zero-order valence-corrected chi connectivity index (χ0v) is 13.1. The quantitative estimate of drug-likeness (QED) is 0.887. The summed E-state index contributed by atoms with van der Waals surface area (Å²) in [7, 11) is 0. The molecule has 5 nitrogen and oxygen atoms in total. The summed E-state index contributed by atoms with van der Waals surface area (Å²) in [5.74, 6) is -0.239. The molecule has 7 heteroatoms. The molecule has 0 atom stereocenters. The highest BCUT2D eigenvalue weighted by atomic mass is 35.5. The Morgan fingerprint density at radius 2 is 2.19 bits per heavy atom. The van der Waals surface area contributed by atoms with Crippen molar-refractivity contribution in [2.75, 3.05) is 12.3 Å². The molecule has 0 saturated carbocycles. The number of rotatable bonds is 5. The van der Waals surface area contributed by atoms with E-state index in [9.17, 15) is 4.79 Å². The van der Waals surface area contributed by atoms with Gasteiger partial charge >= 0.3 is 0 Å². The number of hydrogen-bond acceptors (Lipinski definition) is 3. The van der Waals surface area contributed by atoms with E-state index in [1.165, 1.54) is 6.20 Å². The van der Waals surface area contributed by atoms with Crippen LogP contribution in [0.5, 0.6) is 0 Å². The first-order valence-electron chi connectivity index (χ1n) is 6.56. The number of aryl methyl sites for hydroxylation is 1. The van der Waals surface area contributed by atoms with Gasteiger partial charge in [-0.15, -0.1) is 0 Å². The maximum Gasteiger partial charge on any atom is 0.271 e. The molecule has 1 aromatic carbocycles. The van der Waals surface area contributed by atoms with Crippen molar-refractivity contribution >= 4 is 34.8 Å². The lowest BCUT2D eigenvalue weighted by atomic mass is 10.1. The van der Waals surface area contributed by atoms with Crippen molar-refractivity contribution < 1.29 is 4.79 Å². The van der Waals surface area contributed by atoms with E-state index in [4.69, 9.17) is 28.9 Å². The molecule has 3 N–H and O–H groups in total. The van der Waals surface area contributed by atoms with Crippen molar-refractivity contribution in [3.05, 3.63) is 45.7 Å². The zero-order chi connectivity index (χ0) is 15.4. The molecule has 1 heterocycles. The highest BCUT2D eigenvalue weighted by Gasteiger charge is 2.15. The molecule has 0 fully saturated rings. The maximum absolute atomic E-state index is 12.1. The number of nitrogens with one attached hydrogen (secondary N) is 1. The number of aromatic nitrogens is 2. The number of nitrogens with two attached hydrogens (primary N) is 1. The molecule has 0 aliphatic carbocycles. The van der Waals surface area contributed by atoms with Crippen LogP contribution >= 0.6 is 23.2 Å². The van der Waals surface area contributed by atoms with Crippen molar-refractivity contribution in [1.29, 1.82) is 0 Å². The van der Waals surface area contributed by atoms with Gasteiger partial charge in [-0.05, 0) is 31.0 Å². The van der Waals surface area contributed by atoms with Gasteiger partial charge in [0.15, 0.2) is 0 Å². The Hall–Kier alpha value is -1.72. The van der Waals surface area contributed by atoms with Gasteiger partial charge in [-0.3, -0.25) is 9.48 Å². The SMILES string of the molecule is CCn1ncc(N)c1C(=O)NCCc1ccc(Cl)cc1Cl. The number of carbonyl (C=O) groups is 1. The first-order valence-corrected chi connectivity index (χ1v) is 7.32. The Bertz CT molecular complexity index is 654. The highest BCUT2D eigenvalue weighted by Crippen LogP contribution is 2.21. The summed E-state index contributed by atoms with van der Waals surface area (Å²) in [5, 5.41) is 8.04. The molecule has 0 spiro atoms. The summed E-state index contributed by atoms with van der Waals surface area (Å²) < 4.78 is 1.57. The minimum Gasteiger partial charge on any atom is -0.396 e. The predicted molar refractivity (Wildman–Crippen MR) is 84.8 cm³/mol. The summed E-state index contributed by atoms with van der Waals surface area (Å²) in [5.41, 5.74) is 7.45. The number of benzene rings is 1. The van der Waals surface area contributed by atoms with Crippen molar-refractivity contribution in [3.8, 4) is 0 Å². The zero-order valence-electron chi connectivity index (χ0n) is 11.6. The van der Waals surface area contributed by atoms with Crippen molar-refractivity contribution in [2.24, 2.45) is 0 Å². The Balaban J connectivity index is 1.97. The molecule has 0 unspecified atom stereocenters. The van der Waals surface area contributed by atoms with Crippen LogP contribution in [0.3, 0.4) is 0 Å². The average Bonchev–Trinajstić information content (AvgIpc) is 2.82. The monoisotopic (exact) mass is 326 g/mol. The van der Waals surface area contributed by atoms with Crippen LogP contribution in [0.2, 0.25) is 10.0 Å². The fourth-order valence-corrected chi connectivity index (χ4v) is 2.51. The van der Waals surface area contributed by atoms with Gasteiger partial charge in [0.1, 0.15) is 5.69 Å². The van der Waals surface area contributed by atoms with E-state index in [0.717, 1.165) is 5.56 Å². The van der Waals surface area contributed by atoms with Gasteiger partial charge in [-0.25, -0.2) is 0 Å². The Morgan fingerprint density at radius 1 is 1.43 bits per heavy atom. The number of anilines is 1. The van der Waals surface area contributed by atoms with Crippen LogP contribution < -0.4 is 11.1 Å². The summed E-state index contributed by atoms with van der Waals surface area (Å²) in [6.45, 7) is 2.94. The van der Waals surface area contributed by atoms with Crippen molar-refractivity contribution in [1.82, 2.24) is 15.1 Å². The van der Waals surface area contributed by atoms with Gasteiger partial charge in [0.2, 0.25) is 0 Å². The Kier molecular flexibility index (Phi) is 5.09. The molecule has 1 amide bonds.